The fourth-order valence-corrected chi connectivity index (χ4v) is 6.17. The van der Waals surface area contributed by atoms with E-state index in [1.165, 1.54) is 34.8 Å². The van der Waals surface area contributed by atoms with Gasteiger partial charge in [0, 0.05) is 24.8 Å². The van der Waals surface area contributed by atoms with Crippen LogP contribution < -0.4 is 10.6 Å². The second-order valence-electron chi connectivity index (χ2n) is 10.0. The summed E-state index contributed by atoms with van der Waals surface area (Å²) >= 11 is 1.38. The summed E-state index contributed by atoms with van der Waals surface area (Å²) in [4.78, 5) is 26.5. The van der Waals surface area contributed by atoms with Gasteiger partial charge in [0.2, 0.25) is 15.9 Å². The summed E-state index contributed by atoms with van der Waals surface area (Å²) < 4.78 is 27.9. The maximum absolute atomic E-state index is 13.0. The maximum atomic E-state index is 13.0. The molecule has 8 nitrogen and oxygen atoms in total. The molecule has 0 spiro atoms. The number of nitriles is 1. The molecular formula is C27H32N4O4S2. The first-order chi connectivity index (χ1) is 17.4. The van der Waals surface area contributed by atoms with E-state index >= 15 is 0 Å². The van der Waals surface area contributed by atoms with Crippen LogP contribution in [0.3, 0.4) is 0 Å². The van der Waals surface area contributed by atoms with Crippen molar-refractivity contribution in [1.82, 2.24) is 14.9 Å². The van der Waals surface area contributed by atoms with Crippen molar-refractivity contribution in [3.63, 3.8) is 0 Å². The van der Waals surface area contributed by atoms with Crippen molar-refractivity contribution in [3.05, 3.63) is 65.0 Å². The minimum Gasteiger partial charge on any atom is -0.354 e. The Kier molecular flexibility index (Phi) is 9.07. The molecule has 2 N–H and O–H groups in total. The number of amides is 2. The zero-order chi connectivity index (χ0) is 27.2. The Morgan fingerprint density at radius 3 is 2.46 bits per heavy atom. The highest BCUT2D eigenvalue weighted by Gasteiger charge is 2.28. The molecule has 2 amide bonds. The largest absolute Gasteiger partial charge is 0.354 e. The molecule has 3 aromatic rings. The molecule has 0 fully saturated rings. The van der Waals surface area contributed by atoms with Gasteiger partial charge in [0.05, 0.1) is 15.3 Å². The Labute approximate surface area is 222 Å². The van der Waals surface area contributed by atoms with Crippen molar-refractivity contribution in [2.24, 2.45) is 5.41 Å². The summed E-state index contributed by atoms with van der Waals surface area (Å²) in [5, 5.41) is 15.9. The topological polar surface area (TPSA) is 119 Å². The predicted molar refractivity (Wildman–Crippen MR) is 146 cm³/mol. The molecule has 0 aliphatic rings. The van der Waals surface area contributed by atoms with Crippen molar-refractivity contribution in [2.45, 2.75) is 44.6 Å². The summed E-state index contributed by atoms with van der Waals surface area (Å²) in [5.41, 5.74) is -0.125. The molecule has 0 aliphatic carbocycles. The van der Waals surface area contributed by atoms with Gasteiger partial charge >= 0.3 is 0 Å². The van der Waals surface area contributed by atoms with Crippen molar-refractivity contribution in [3.8, 4) is 6.07 Å². The number of nitrogens with zero attached hydrogens (tertiary/aromatic N) is 2. The molecule has 0 bridgehead atoms. The Bertz CT molecular complexity index is 1380. The molecule has 2 aromatic carbocycles. The molecule has 37 heavy (non-hydrogen) atoms. The van der Waals surface area contributed by atoms with E-state index in [1.807, 2.05) is 57.2 Å². The first-order valence-electron chi connectivity index (χ1n) is 11.9. The van der Waals surface area contributed by atoms with Gasteiger partial charge in [-0.3, -0.25) is 9.59 Å². The summed E-state index contributed by atoms with van der Waals surface area (Å²) in [7, 11) is -2.39. The molecule has 0 saturated carbocycles. The van der Waals surface area contributed by atoms with Crippen LogP contribution in [0.25, 0.3) is 10.1 Å². The van der Waals surface area contributed by atoms with Gasteiger partial charge in [-0.1, -0.05) is 51.1 Å². The number of rotatable bonds is 10. The molecule has 3 rings (SSSR count). The second kappa shape index (κ2) is 11.9. The smallest absolute Gasteiger partial charge is 0.262 e. The lowest BCUT2D eigenvalue weighted by Gasteiger charge is -2.26. The van der Waals surface area contributed by atoms with Crippen molar-refractivity contribution < 1.29 is 18.0 Å². The number of nitrogens with one attached hydrogen (secondary N) is 2. The van der Waals surface area contributed by atoms with Crippen molar-refractivity contribution in [2.75, 3.05) is 20.1 Å². The van der Waals surface area contributed by atoms with Crippen LogP contribution in [0.4, 0.5) is 0 Å². The van der Waals surface area contributed by atoms with E-state index < -0.39 is 16.1 Å². The normalized spacial score (nSPS) is 12.8. The van der Waals surface area contributed by atoms with Crippen LogP contribution in [0.2, 0.25) is 0 Å². The third-order valence-electron chi connectivity index (χ3n) is 5.73. The number of benzene rings is 2. The van der Waals surface area contributed by atoms with Gasteiger partial charge in [-0.2, -0.15) is 5.26 Å². The van der Waals surface area contributed by atoms with Gasteiger partial charge in [-0.15, -0.1) is 11.3 Å². The van der Waals surface area contributed by atoms with Crippen LogP contribution in [-0.4, -0.2) is 50.7 Å². The lowest BCUT2D eigenvalue weighted by molar-refractivity contribution is -0.123. The first kappa shape index (κ1) is 28.3. The van der Waals surface area contributed by atoms with Crippen molar-refractivity contribution >= 4 is 43.3 Å². The Morgan fingerprint density at radius 1 is 1.11 bits per heavy atom. The van der Waals surface area contributed by atoms with Crippen LogP contribution in [0.1, 0.15) is 48.8 Å². The van der Waals surface area contributed by atoms with Gasteiger partial charge in [-0.25, -0.2) is 12.7 Å². The second-order valence-corrected chi connectivity index (χ2v) is 13.1. The molecule has 196 valence electrons. The first-order valence-corrected chi connectivity index (χ1v) is 14.2. The van der Waals surface area contributed by atoms with Gasteiger partial charge in [0.15, 0.2) is 0 Å². The minimum absolute atomic E-state index is 0.0433. The average molecular weight is 541 g/mol. The van der Waals surface area contributed by atoms with Crippen LogP contribution in [-0.2, 0) is 14.8 Å². The molecule has 10 heteroatoms. The Morgan fingerprint density at radius 2 is 1.78 bits per heavy atom. The lowest BCUT2D eigenvalue weighted by Crippen LogP contribution is -2.48. The molecule has 0 unspecified atom stereocenters. The number of hydrogen-bond donors (Lipinski definition) is 2. The van der Waals surface area contributed by atoms with E-state index in [1.54, 1.807) is 12.1 Å². The van der Waals surface area contributed by atoms with Gasteiger partial charge in [-0.05, 0) is 47.9 Å². The molecule has 1 atom stereocenters. The molecule has 1 heterocycles. The summed E-state index contributed by atoms with van der Waals surface area (Å²) in [6.07, 6.45) is 0.803. The van der Waals surface area contributed by atoms with E-state index in [2.05, 4.69) is 10.6 Å². The fraction of sp³-hybridized carbons (Fsp3) is 0.370. The van der Waals surface area contributed by atoms with Gasteiger partial charge in [0.25, 0.3) is 5.91 Å². The Balaban J connectivity index is 1.59. The lowest BCUT2D eigenvalue weighted by atomic mass is 9.87. The summed E-state index contributed by atoms with van der Waals surface area (Å²) in [6.45, 7) is 6.38. The number of thiophene rings is 1. The van der Waals surface area contributed by atoms with Crippen molar-refractivity contribution in [1.29, 1.82) is 5.26 Å². The van der Waals surface area contributed by atoms with Crippen LogP contribution in [0.15, 0.2) is 59.5 Å². The highest BCUT2D eigenvalue weighted by Crippen LogP contribution is 2.26. The number of carbonyl (C=O) groups is 2. The quantitative estimate of drug-likeness (QED) is 0.375. The van der Waals surface area contributed by atoms with E-state index in [0.717, 1.165) is 10.1 Å². The van der Waals surface area contributed by atoms with E-state index in [9.17, 15) is 23.3 Å². The summed E-state index contributed by atoms with van der Waals surface area (Å²) in [6, 6.07) is 16.8. The minimum atomic E-state index is -3.84. The Hall–Kier alpha value is -3.26. The number of hydrogen-bond acceptors (Lipinski definition) is 6. The van der Waals surface area contributed by atoms with E-state index in [-0.39, 0.29) is 40.8 Å². The molecular weight excluding hydrogens is 508 g/mol. The van der Waals surface area contributed by atoms with Crippen LogP contribution in [0, 0.1) is 16.7 Å². The number of fused-ring (bicyclic) bond motifs is 1. The molecule has 0 radical (unpaired) electrons. The predicted octanol–water partition coefficient (Wildman–Crippen LogP) is 4.13. The fourth-order valence-electron chi connectivity index (χ4n) is 3.85. The standard InChI is InChI=1S/C27H32N4O4S2/c1-27(2,3)17-21(30-26(33)23-16-19-10-5-7-12-22(19)36-23)25(32)29-14-9-15-31(4)37(34,35)24-13-8-6-11-20(24)18-28/h5-8,10-13,16,21H,9,14-15,17H2,1-4H3,(H,29,32)(H,30,33)/t21-/m0/s1. The third kappa shape index (κ3) is 7.38. The average Bonchev–Trinajstić information content (AvgIpc) is 3.29. The van der Waals surface area contributed by atoms with E-state index in [4.69, 9.17) is 0 Å². The highest BCUT2D eigenvalue weighted by molar-refractivity contribution is 7.89. The zero-order valence-electron chi connectivity index (χ0n) is 21.4. The van der Waals surface area contributed by atoms with Gasteiger partial charge in [0.1, 0.15) is 12.1 Å². The summed E-state index contributed by atoms with van der Waals surface area (Å²) in [5.74, 6) is -0.614. The number of carbonyl (C=O) groups excluding carboxylic acids is 2. The number of sulfonamides is 1. The molecule has 0 aliphatic heterocycles. The zero-order valence-corrected chi connectivity index (χ0v) is 23.1. The van der Waals surface area contributed by atoms with Crippen LogP contribution in [0.5, 0.6) is 0 Å². The monoisotopic (exact) mass is 540 g/mol. The highest BCUT2D eigenvalue weighted by atomic mass is 32.2. The maximum Gasteiger partial charge on any atom is 0.262 e. The molecule has 0 saturated heterocycles. The SMILES string of the molecule is CN(CCCNC(=O)[C@H](CC(C)(C)C)NC(=O)c1cc2ccccc2s1)S(=O)(=O)c1ccccc1C#N. The van der Waals surface area contributed by atoms with Crippen LogP contribution >= 0.6 is 11.3 Å². The molecule has 1 aromatic heterocycles. The van der Waals surface area contributed by atoms with E-state index in [0.29, 0.717) is 17.7 Å². The third-order valence-corrected chi connectivity index (χ3v) is 8.76. The van der Waals surface area contributed by atoms with Gasteiger partial charge < -0.3 is 10.6 Å².